The molecule has 1 aliphatic heterocycles. The van der Waals surface area contributed by atoms with Crippen molar-refractivity contribution in [2.24, 2.45) is 0 Å². The van der Waals surface area contributed by atoms with E-state index in [0.29, 0.717) is 50.7 Å². The number of hydrogen-bond donors (Lipinski definition) is 2. The Labute approximate surface area is 229 Å². The third kappa shape index (κ3) is 8.84. The van der Waals surface area contributed by atoms with Crippen molar-refractivity contribution in [2.75, 3.05) is 45.1 Å². The van der Waals surface area contributed by atoms with Gasteiger partial charge >= 0.3 is 6.36 Å². The lowest BCUT2D eigenvalue weighted by Crippen LogP contribution is -2.48. The number of allylic oxidation sites excluding steroid dienone is 1. The fraction of sp³-hybridized carbons (Fsp3) is 0.520. The lowest BCUT2D eigenvalue weighted by Gasteiger charge is -2.37. The molecule has 2 aliphatic rings. The zero-order chi connectivity index (χ0) is 28.5. The summed E-state index contributed by atoms with van der Waals surface area (Å²) in [6.45, 7) is 3.16. The molecule has 2 N–H and O–H groups in total. The summed E-state index contributed by atoms with van der Waals surface area (Å²) in [6, 6.07) is 3.54. The van der Waals surface area contributed by atoms with Crippen LogP contribution in [0.2, 0.25) is 0 Å². The van der Waals surface area contributed by atoms with Crippen molar-refractivity contribution in [3.05, 3.63) is 53.6 Å². The third-order valence-corrected chi connectivity index (χ3v) is 6.46. The molecule has 0 aromatic carbocycles. The smallest absolute Gasteiger partial charge is 0.369 e. The van der Waals surface area contributed by atoms with Crippen molar-refractivity contribution >= 4 is 17.6 Å². The van der Waals surface area contributed by atoms with Crippen LogP contribution >= 0.6 is 0 Å². The second-order valence-corrected chi connectivity index (χ2v) is 9.46. The third-order valence-electron chi connectivity index (χ3n) is 6.46. The van der Waals surface area contributed by atoms with E-state index in [2.05, 4.69) is 35.9 Å². The van der Waals surface area contributed by atoms with Gasteiger partial charge in [0.2, 0.25) is 5.91 Å². The molecule has 4 rings (SSSR count). The van der Waals surface area contributed by atoms with Gasteiger partial charge in [-0.1, -0.05) is 11.3 Å². The number of carbonyl (C=O) groups is 2. The van der Waals surface area contributed by atoms with Crippen molar-refractivity contribution in [2.45, 2.75) is 44.7 Å². The van der Waals surface area contributed by atoms with E-state index < -0.39 is 12.5 Å². The van der Waals surface area contributed by atoms with Crippen LogP contribution in [-0.4, -0.2) is 99.0 Å². The summed E-state index contributed by atoms with van der Waals surface area (Å²) in [7, 11) is 1.54. The fourth-order valence-electron chi connectivity index (χ4n) is 4.43. The second kappa shape index (κ2) is 13.5. The summed E-state index contributed by atoms with van der Waals surface area (Å²) in [5.74, 6) is -0.124. The number of nitrogens with one attached hydrogen (secondary N) is 2. The molecule has 0 bridgehead atoms. The van der Waals surface area contributed by atoms with Crippen LogP contribution in [0, 0.1) is 0 Å². The van der Waals surface area contributed by atoms with Gasteiger partial charge in [-0.25, -0.2) is 0 Å². The van der Waals surface area contributed by atoms with E-state index in [4.69, 9.17) is 0 Å². The molecule has 0 spiro atoms. The van der Waals surface area contributed by atoms with Gasteiger partial charge in [-0.15, -0.1) is 23.4 Å². The van der Waals surface area contributed by atoms with E-state index in [1.165, 1.54) is 13.1 Å². The van der Waals surface area contributed by atoms with Crippen molar-refractivity contribution < 1.29 is 27.5 Å². The molecule has 2 aromatic rings. The molecule has 0 saturated carbocycles. The van der Waals surface area contributed by atoms with E-state index in [1.807, 2.05) is 21.9 Å². The average Bonchev–Trinajstić information content (AvgIpc) is 3.40. The highest BCUT2D eigenvalue weighted by molar-refractivity contribution is 5.91. The summed E-state index contributed by atoms with van der Waals surface area (Å²) in [5.41, 5.74) is 1.78. The Hall–Kier alpha value is -3.85. The van der Waals surface area contributed by atoms with E-state index in [9.17, 15) is 22.8 Å². The summed E-state index contributed by atoms with van der Waals surface area (Å²) >= 11 is 0. The molecular weight excluding hydrogens is 531 g/mol. The van der Waals surface area contributed by atoms with Gasteiger partial charge in [0, 0.05) is 45.5 Å². The SMILES string of the molecule is CNC(=O)c1cn(CCCCc2ccc(NC(=O)CN3CCN(C4=CC(OC(F)(F)F)CC=C4)CC3)nn2)nn1. The molecular formula is C25H32F3N9O3. The Morgan fingerprint density at radius 3 is 2.60 bits per heavy atom. The topological polar surface area (TPSA) is 130 Å². The minimum absolute atomic E-state index is 0.176. The van der Waals surface area contributed by atoms with Gasteiger partial charge in [0.05, 0.1) is 24.5 Å². The van der Waals surface area contributed by atoms with Crippen LogP contribution in [0.4, 0.5) is 19.0 Å². The number of rotatable bonds is 11. The molecule has 0 radical (unpaired) electrons. The van der Waals surface area contributed by atoms with Crippen LogP contribution in [0.5, 0.6) is 0 Å². The van der Waals surface area contributed by atoms with Gasteiger partial charge in [0.1, 0.15) is 0 Å². The Morgan fingerprint density at radius 1 is 1.10 bits per heavy atom. The van der Waals surface area contributed by atoms with Crippen LogP contribution < -0.4 is 10.6 Å². The van der Waals surface area contributed by atoms with Gasteiger partial charge in [-0.3, -0.25) is 23.9 Å². The summed E-state index contributed by atoms with van der Waals surface area (Å²) < 4.78 is 43.4. The highest BCUT2D eigenvalue weighted by Gasteiger charge is 2.33. The monoisotopic (exact) mass is 563 g/mol. The van der Waals surface area contributed by atoms with E-state index in [-0.39, 0.29) is 30.5 Å². The van der Waals surface area contributed by atoms with Gasteiger partial charge in [-0.05, 0) is 50.0 Å². The van der Waals surface area contributed by atoms with Crippen molar-refractivity contribution in [3.63, 3.8) is 0 Å². The first-order valence-corrected chi connectivity index (χ1v) is 13.0. The van der Waals surface area contributed by atoms with Gasteiger partial charge in [-0.2, -0.15) is 5.10 Å². The number of amides is 2. The maximum Gasteiger partial charge on any atom is 0.523 e. The highest BCUT2D eigenvalue weighted by Crippen LogP contribution is 2.25. The van der Waals surface area contributed by atoms with Gasteiger partial charge in [0.15, 0.2) is 11.5 Å². The van der Waals surface area contributed by atoms with Crippen molar-refractivity contribution in [1.29, 1.82) is 0 Å². The first-order chi connectivity index (χ1) is 19.2. The number of piperazine rings is 1. The maximum absolute atomic E-state index is 12.5. The molecule has 216 valence electrons. The van der Waals surface area contributed by atoms with Crippen molar-refractivity contribution in [3.8, 4) is 0 Å². The van der Waals surface area contributed by atoms with Crippen LogP contribution in [-0.2, 0) is 22.5 Å². The lowest BCUT2D eigenvalue weighted by molar-refractivity contribution is -0.336. The number of aromatic nitrogens is 5. The Balaban J connectivity index is 1.14. The minimum atomic E-state index is -4.67. The number of unbranched alkanes of at least 4 members (excludes halogenated alkanes) is 1. The Morgan fingerprint density at radius 2 is 1.90 bits per heavy atom. The summed E-state index contributed by atoms with van der Waals surface area (Å²) in [4.78, 5) is 28.0. The number of halogens is 3. The molecule has 3 heterocycles. The zero-order valence-electron chi connectivity index (χ0n) is 22.1. The highest BCUT2D eigenvalue weighted by atomic mass is 19.4. The van der Waals surface area contributed by atoms with E-state index in [0.717, 1.165) is 18.5 Å². The Kier molecular flexibility index (Phi) is 9.82. The zero-order valence-corrected chi connectivity index (χ0v) is 22.1. The minimum Gasteiger partial charge on any atom is -0.369 e. The van der Waals surface area contributed by atoms with Crippen LogP contribution in [0.1, 0.15) is 35.4 Å². The molecule has 2 amide bonds. The molecule has 40 heavy (non-hydrogen) atoms. The summed E-state index contributed by atoms with van der Waals surface area (Å²) in [5, 5.41) is 21.3. The normalized spacial score (nSPS) is 17.9. The Bertz CT molecular complexity index is 1210. The predicted octanol–water partition coefficient (Wildman–Crippen LogP) is 1.76. The number of nitrogens with zero attached hydrogens (tertiary/aromatic N) is 7. The van der Waals surface area contributed by atoms with Crippen molar-refractivity contribution in [1.82, 2.24) is 40.3 Å². The number of ether oxygens (including phenoxy) is 1. The average molecular weight is 564 g/mol. The molecule has 1 atom stereocenters. The van der Waals surface area contributed by atoms with Crippen LogP contribution in [0.25, 0.3) is 0 Å². The molecule has 2 aromatic heterocycles. The largest absolute Gasteiger partial charge is 0.523 e. The second-order valence-electron chi connectivity index (χ2n) is 9.46. The molecule has 1 unspecified atom stereocenters. The number of alkyl halides is 3. The lowest BCUT2D eigenvalue weighted by atomic mass is 10.1. The first kappa shape index (κ1) is 29.1. The van der Waals surface area contributed by atoms with E-state index in [1.54, 1.807) is 23.0 Å². The van der Waals surface area contributed by atoms with Gasteiger partial charge in [0.25, 0.3) is 5.91 Å². The number of carbonyl (C=O) groups excluding carboxylic acids is 2. The predicted molar refractivity (Wildman–Crippen MR) is 138 cm³/mol. The van der Waals surface area contributed by atoms with Crippen LogP contribution in [0.3, 0.4) is 0 Å². The number of anilines is 1. The van der Waals surface area contributed by atoms with Crippen LogP contribution in [0.15, 0.2) is 42.3 Å². The first-order valence-electron chi connectivity index (χ1n) is 13.0. The number of aryl methyl sites for hydroxylation is 2. The quantitative estimate of drug-likeness (QED) is 0.393. The van der Waals surface area contributed by atoms with E-state index >= 15 is 0 Å². The molecule has 15 heteroatoms. The maximum atomic E-state index is 12.5. The van der Waals surface area contributed by atoms with Gasteiger partial charge < -0.3 is 15.5 Å². The molecule has 1 fully saturated rings. The summed E-state index contributed by atoms with van der Waals surface area (Å²) in [6.07, 6.45) is 3.44. The standard InChI is InChI=1S/C25H32F3N9O3/c1-29-24(39)21-16-37(34-32-21)10-3-2-5-18-8-9-22(33-31-18)30-23(38)17-35-11-13-36(14-12-35)19-6-4-7-20(15-19)40-25(26,27)28/h4,6,8-9,15-16,20H,2-3,5,7,10-14,17H2,1H3,(H,29,39)(H,30,33,38). The molecule has 1 saturated heterocycles. The molecule has 12 nitrogen and oxygen atoms in total. The number of hydrogen-bond acceptors (Lipinski definition) is 9. The fourth-order valence-corrected chi connectivity index (χ4v) is 4.43. The molecule has 1 aliphatic carbocycles.